The topological polar surface area (TPSA) is 40.6 Å². The molecule has 0 radical (unpaired) electrons. The van der Waals surface area contributed by atoms with Gasteiger partial charge in [-0.2, -0.15) is 0 Å². The van der Waals surface area contributed by atoms with Crippen LogP contribution >= 0.6 is 0 Å². The van der Waals surface area contributed by atoms with E-state index in [1.54, 1.807) is 0 Å². The van der Waals surface area contributed by atoms with Crippen LogP contribution in [-0.4, -0.2) is 53.7 Å². The molecule has 1 heterocycles. The molecule has 0 atom stereocenters. The molecule has 0 aromatic heterocycles. The molecule has 1 rings (SSSR count). The van der Waals surface area contributed by atoms with Crippen LogP contribution in [-0.2, 0) is 9.59 Å². The fourth-order valence-corrected chi connectivity index (χ4v) is 2.55. The van der Waals surface area contributed by atoms with Crippen LogP contribution in [0.1, 0.15) is 40.0 Å². The number of carbonyl (C=O) groups excluding carboxylic acids is 2. The number of Topliss-reactive ketones (excluding diaryl/α,β-unsaturated/α-hetero) is 1. The van der Waals surface area contributed by atoms with Crippen LogP contribution in [0.25, 0.3) is 0 Å². The van der Waals surface area contributed by atoms with Gasteiger partial charge in [-0.25, -0.2) is 0 Å². The Labute approximate surface area is 104 Å². The lowest BCUT2D eigenvalue weighted by Gasteiger charge is -2.37. The van der Waals surface area contributed by atoms with Crippen LogP contribution in [0.2, 0.25) is 0 Å². The number of hydrogen-bond acceptors (Lipinski definition) is 3. The van der Waals surface area contributed by atoms with Gasteiger partial charge in [0.25, 0.3) is 0 Å². The molecule has 4 nitrogen and oxygen atoms in total. The normalized spacial score (nSPS) is 17.5. The summed E-state index contributed by atoms with van der Waals surface area (Å²) < 4.78 is 0. The Morgan fingerprint density at radius 3 is 2.12 bits per heavy atom. The lowest BCUT2D eigenvalue weighted by molar-refractivity contribution is -0.136. The van der Waals surface area contributed by atoms with E-state index in [-0.39, 0.29) is 18.1 Å². The number of piperidine rings is 1. The SMILES string of the molecule is CCN(CC)C1CCN(C(=O)CC(C)=O)CC1. The van der Waals surface area contributed by atoms with Gasteiger partial charge in [0.2, 0.25) is 5.91 Å². The Kier molecular flexibility index (Phi) is 5.62. The second kappa shape index (κ2) is 6.74. The molecule has 0 saturated carbocycles. The van der Waals surface area contributed by atoms with Crippen LogP contribution in [0.5, 0.6) is 0 Å². The van der Waals surface area contributed by atoms with Crippen LogP contribution in [0.3, 0.4) is 0 Å². The zero-order valence-corrected chi connectivity index (χ0v) is 11.2. The van der Waals surface area contributed by atoms with Crippen molar-refractivity contribution in [3.63, 3.8) is 0 Å². The second-order valence-corrected chi connectivity index (χ2v) is 4.71. The zero-order valence-electron chi connectivity index (χ0n) is 11.2. The van der Waals surface area contributed by atoms with Crippen molar-refractivity contribution in [1.29, 1.82) is 0 Å². The molecular weight excluding hydrogens is 216 g/mol. The van der Waals surface area contributed by atoms with Gasteiger partial charge in [-0.05, 0) is 32.9 Å². The lowest BCUT2D eigenvalue weighted by atomic mass is 10.0. The van der Waals surface area contributed by atoms with E-state index in [1.807, 2.05) is 4.90 Å². The molecule has 0 N–H and O–H groups in total. The van der Waals surface area contributed by atoms with Gasteiger partial charge in [0, 0.05) is 19.1 Å². The fourth-order valence-electron chi connectivity index (χ4n) is 2.55. The van der Waals surface area contributed by atoms with Crippen molar-refractivity contribution >= 4 is 11.7 Å². The third kappa shape index (κ3) is 4.11. The Hall–Kier alpha value is -0.900. The van der Waals surface area contributed by atoms with Gasteiger partial charge in [-0.3, -0.25) is 9.59 Å². The van der Waals surface area contributed by atoms with E-state index in [1.165, 1.54) is 6.92 Å². The van der Waals surface area contributed by atoms with Crippen LogP contribution < -0.4 is 0 Å². The molecular formula is C13H24N2O2. The molecule has 1 aliphatic rings. The van der Waals surface area contributed by atoms with Crippen molar-refractivity contribution in [3.8, 4) is 0 Å². The molecule has 0 aromatic carbocycles. The minimum absolute atomic E-state index is 0.00417. The highest BCUT2D eigenvalue weighted by Gasteiger charge is 2.25. The Bertz CT molecular complexity index is 267. The quantitative estimate of drug-likeness (QED) is 0.680. The summed E-state index contributed by atoms with van der Waals surface area (Å²) in [5.41, 5.74) is 0. The van der Waals surface area contributed by atoms with Gasteiger partial charge in [-0.15, -0.1) is 0 Å². The Balaban J connectivity index is 2.39. The first-order valence-corrected chi connectivity index (χ1v) is 6.59. The zero-order chi connectivity index (χ0) is 12.8. The molecule has 4 heteroatoms. The third-order valence-electron chi connectivity index (χ3n) is 3.55. The van der Waals surface area contributed by atoms with Crippen molar-refractivity contribution < 1.29 is 9.59 Å². The number of nitrogens with zero attached hydrogens (tertiary/aromatic N) is 2. The molecule has 1 saturated heterocycles. The summed E-state index contributed by atoms with van der Waals surface area (Å²) in [6, 6.07) is 0.603. The van der Waals surface area contributed by atoms with Crippen molar-refractivity contribution in [2.75, 3.05) is 26.2 Å². The third-order valence-corrected chi connectivity index (χ3v) is 3.55. The molecule has 1 amide bonds. The summed E-state index contributed by atoms with van der Waals surface area (Å²) in [6.07, 6.45) is 2.13. The lowest BCUT2D eigenvalue weighted by Crippen LogP contribution is -2.46. The van der Waals surface area contributed by atoms with Gasteiger partial charge < -0.3 is 9.80 Å². The first-order valence-electron chi connectivity index (χ1n) is 6.59. The first-order chi connectivity index (χ1) is 8.08. The van der Waals surface area contributed by atoms with E-state index < -0.39 is 0 Å². The Morgan fingerprint density at radius 2 is 1.71 bits per heavy atom. The molecule has 1 fully saturated rings. The van der Waals surface area contributed by atoms with Gasteiger partial charge in [0.15, 0.2) is 0 Å². The predicted molar refractivity (Wildman–Crippen MR) is 67.8 cm³/mol. The van der Waals surface area contributed by atoms with Crippen molar-refractivity contribution in [3.05, 3.63) is 0 Å². The number of rotatable bonds is 5. The van der Waals surface area contributed by atoms with Crippen LogP contribution in [0.15, 0.2) is 0 Å². The van der Waals surface area contributed by atoms with Gasteiger partial charge in [-0.1, -0.05) is 13.8 Å². The average Bonchev–Trinajstić information content (AvgIpc) is 2.30. The molecule has 17 heavy (non-hydrogen) atoms. The van der Waals surface area contributed by atoms with E-state index in [2.05, 4.69) is 18.7 Å². The smallest absolute Gasteiger partial charge is 0.230 e. The monoisotopic (exact) mass is 240 g/mol. The summed E-state index contributed by atoms with van der Waals surface area (Å²) in [4.78, 5) is 26.9. The summed E-state index contributed by atoms with van der Waals surface area (Å²) in [6.45, 7) is 9.57. The maximum absolute atomic E-state index is 11.7. The molecule has 98 valence electrons. The highest BCUT2D eigenvalue weighted by atomic mass is 16.2. The van der Waals surface area contributed by atoms with Crippen LogP contribution in [0, 0.1) is 0 Å². The number of carbonyl (C=O) groups is 2. The number of ketones is 1. The summed E-state index contributed by atoms with van der Waals surface area (Å²) in [5, 5.41) is 0. The molecule has 0 bridgehead atoms. The molecule has 0 aliphatic carbocycles. The van der Waals surface area contributed by atoms with Crippen molar-refractivity contribution in [1.82, 2.24) is 9.80 Å². The van der Waals surface area contributed by atoms with Gasteiger partial charge in [0.1, 0.15) is 5.78 Å². The maximum Gasteiger partial charge on any atom is 0.230 e. The predicted octanol–water partition coefficient (Wildman–Crippen LogP) is 1.30. The Morgan fingerprint density at radius 1 is 1.18 bits per heavy atom. The van der Waals surface area contributed by atoms with Crippen LogP contribution in [0.4, 0.5) is 0 Å². The minimum Gasteiger partial charge on any atom is -0.342 e. The van der Waals surface area contributed by atoms with Crippen molar-refractivity contribution in [2.45, 2.75) is 46.1 Å². The van der Waals surface area contributed by atoms with E-state index in [9.17, 15) is 9.59 Å². The minimum atomic E-state index is -0.0409. The number of likely N-dealkylation sites (tertiary alicyclic amines) is 1. The summed E-state index contributed by atoms with van der Waals surface area (Å²) in [5.74, 6) is -0.0450. The van der Waals surface area contributed by atoms with Gasteiger partial charge in [0.05, 0.1) is 6.42 Å². The average molecular weight is 240 g/mol. The largest absolute Gasteiger partial charge is 0.342 e. The molecule has 0 unspecified atom stereocenters. The van der Waals surface area contributed by atoms with Crippen molar-refractivity contribution in [2.24, 2.45) is 0 Å². The molecule has 1 aliphatic heterocycles. The maximum atomic E-state index is 11.7. The standard InChI is InChI=1S/C13H24N2O2/c1-4-14(5-2)12-6-8-15(9-7-12)13(17)10-11(3)16/h12H,4-10H2,1-3H3. The summed E-state index contributed by atoms with van der Waals surface area (Å²) in [7, 11) is 0. The molecule has 0 aromatic rings. The van der Waals surface area contributed by atoms with E-state index in [0.29, 0.717) is 6.04 Å². The first kappa shape index (κ1) is 14.2. The summed E-state index contributed by atoms with van der Waals surface area (Å²) >= 11 is 0. The van der Waals surface area contributed by atoms with E-state index in [0.717, 1.165) is 39.0 Å². The second-order valence-electron chi connectivity index (χ2n) is 4.71. The highest BCUT2D eigenvalue weighted by molar-refractivity contribution is 5.96. The van der Waals surface area contributed by atoms with Gasteiger partial charge >= 0.3 is 0 Å². The fraction of sp³-hybridized carbons (Fsp3) is 0.846. The molecule has 0 spiro atoms. The highest BCUT2D eigenvalue weighted by Crippen LogP contribution is 2.16. The number of amides is 1. The van der Waals surface area contributed by atoms with E-state index in [4.69, 9.17) is 0 Å². The van der Waals surface area contributed by atoms with E-state index >= 15 is 0 Å². The number of hydrogen-bond donors (Lipinski definition) is 0.